The molecular formula is C12H17ClN4O2. The molecule has 1 aromatic rings. The van der Waals surface area contributed by atoms with Crippen molar-refractivity contribution in [2.45, 2.75) is 12.8 Å². The molecule has 2 rings (SSSR count). The van der Waals surface area contributed by atoms with E-state index in [1.165, 1.54) is 12.3 Å². The number of piperidine rings is 1. The summed E-state index contributed by atoms with van der Waals surface area (Å²) in [5.41, 5.74) is -0.0161. The molecule has 7 heteroatoms. The molecule has 0 bridgehead atoms. The van der Waals surface area contributed by atoms with Gasteiger partial charge in [-0.25, -0.2) is 4.98 Å². The quantitative estimate of drug-likeness (QED) is 0.677. The molecule has 1 fully saturated rings. The molecule has 2 heterocycles. The molecule has 19 heavy (non-hydrogen) atoms. The third kappa shape index (κ3) is 3.33. The van der Waals surface area contributed by atoms with E-state index in [1.54, 1.807) is 0 Å². The molecule has 1 atom stereocenters. The highest BCUT2D eigenvalue weighted by Crippen LogP contribution is 2.31. The van der Waals surface area contributed by atoms with E-state index >= 15 is 0 Å². The molecule has 1 aromatic heterocycles. The topological polar surface area (TPSA) is 71.3 Å². The minimum Gasteiger partial charge on any atom is -0.351 e. The van der Waals surface area contributed by atoms with Crippen LogP contribution in [0, 0.1) is 16.0 Å². The van der Waals surface area contributed by atoms with E-state index in [-0.39, 0.29) is 5.69 Å². The van der Waals surface area contributed by atoms with Crippen molar-refractivity contribution in [1.82, 2.24) is 10.3 Å². The predicted molar refractivity (Wildman–Crippen MR) is 74.8 cm³/mol. The molecule has 0 amide bonds. The molecule has 0 aromatic carbocycles. The maximum Gasteiger partial charge on any atom is 0.313 e. The Hall–Kier alpha value is -1.40. The van der Waals surface area contributed by atoms with E-state index in [0.29, 0.717) is 16.8 Å². The third-order valence-electron chi connectivity index (χ3n) is 3.32. The molecule has 0 radical (unpaired) electrons. The van der Waals surface area contributed by atoms with Crippen molar-refractivity contribution in [3.63, 3.8) is 0 Å². The first-order chi connectivity index (χ1) is 9.11. The standard InChI is InChI=1S/C12H17ClN4O2/c1-14-6-9-3-2-4-16(8-9)12-11(17(18)19)5-10(13)7-15-12/h5,7,9,14H,2-4,6,8H2,1H3. The molecule has 1 saturated heterocycles. The molecule has 104 valence electrons. The normalized spacial score (nSPS) is 19.5. The van der Waals surface area contributed by atoms with Gasteiger partial charge in [-0.05, 0) is 32.4 Å². The van der Waals surface area contributed by atoms with Gasteiger partial charge >= 0.3 is 5.69 Å². The zero-order valence-electron chi connectivity index (χ0n) is 10.8. The zero-order chi connectivity index (χ0) is 13.8. The van der Waals surface area contributed by atoms with Crippen molar-refractivity contribution in [2.75, 3.05) is 31.6 Å². The van der Waals surface area contributed by atoms with Gasteiger partial charge < -0.3 is 10.2 Å². The van der Waals surface area contributed by atoms with Crippen LogP contribution >= 0.6 is 11.6 Å². The smallest absolute Gasteiger partial charge is 0.313 e. The van der Waals surface area contributed by atoms with Crippen molar-refractivity contribution in [1.29, 1.82) is 0 Å². The number of halogens is 1. The Morgan fingerprint density at radius 2 is 2.47 bits per heavy atom. The van der Waals surface area contributed by atoms with Crippen LogP contribution in [0.1, 0.15) is 12.8 Å². The second kappa shape index (κ2) is 6.16. The first-order valence-electron chi connectivity index (χ1n) is 6.31. The van der Waals surface area contributed by atoms with Crippen LogP contribution < -0.4 is 10.2 Å². The number of pyridine rings is 1. The molecule has 0 saturated carbocycles. The second-order valence-electron chi connectivity index (χ2n) is 4.77. The molecule has 1 aliphatic rings. The fourth-order valence-corrected chi connectivity index (χ4v) is 2.66. The Bertz CT molecular complexity index is 467. The third-order valence-corrected chi connectivity index (χ3v) is 3.53. The summed E-state index contributed by atoms with van der Waals surface area (Å²) in [5.74, 6) is 0.922. The number of hydrogen-bond acceptors (Lipinski definition) is 5. The minimum atomic E-state index is -0.421. The summed E-state index contributed by atoms with van der Waals surface area (Å²) >= 11 is 5.78. The average Bonchev–Trinajstić information content (AvgIpc) is 2.39. The molecule has 0 spiro atoms. The van der Waals surface area contributed by atoms with Crippen LogP contribution in [0.3, 0.4) is 0 Å². The molecular weight excluding hydrogens is 268 g/mol. The first-order valence-corrected chi connectivity index (χ1v) is 6.69. The van der Waals surface area contributed by atoms with Crippen molar-refractivity contribution in [3.05, 3.63) is 27.4 Å². The summed E-state index contributed by atoms with van der Waals surface area (Å²) in [6.07, 6.45) is 3.62. The Morgan fingerprint density at radius 3 is 3.16 bits per heavy atom. The van der Waals surface area contributed by atoms with Crippen LogP contribution in [-0.2, 0) is 0 Å². The lowest BCUT2D eigenvalue weighted by Crippen LogP contribution is -2.39. The number of aromatic nitrogens is 1. The van der Waals surface area contributed by atoms with Crippen molar-refractivity contribution < 1.29 is 4.92 Å². The van der Waals surface area contributed by atoms with E-state index in [4.69, 9.17) is 11.6 Å². The van der Waals surface area contributed by atoms with Gasteiger partial charge in [-0.3, -0.25) is 10.1 Å². The van der Waals surface area contributed by atoms with Crippen LogP contribution in [0.4, 0.5) is 11.5 Å². The fraction of sp³-hybridized carbons (Fsp3) is 0.583. The van der Waals surface area contributed by atoms with E-state index in [0.717, 1.165) is 32.5 Å². The molecule has 6 nitrogen and oxygen atoms in total. The van der Waals surface area contributed by atoms with Gasteiger partial charge in [-0.15, -0.1) is 0 Å². The molecule has 1 unspecified atom stereocenters. The summed E-state index contributed by atoms with van der Waals surface area (Å²) < 4.78 is 0. The van der Waals surface area contributed by atoms with Crippen molar-refractivity contribution >= 4 is 23.1 Å². The second-order valence-corrected chi connectivity index (χ2v) is 5.20. The predicted octanol–water partition coefficient (Wildman–Crippen LogP) is 2.08. The molecule has 0 aliphatic carbocycles. The van der Waals surface area contributed by atoms with Gasteiger partial charge in [-0.1, -0.05) is 11.6 Å². The van der Waals surface area contributed by atoms with Gasteiger partial charge in [0, 0.05) is 25.4 Å². The van der Waals surface area contributed by atoms with Gasteiger partial charge in [0.1, 0.15) is 0 Å². The summed E-state index contributed by atoms with van der Waals surface area (Å²) in [5, 5.41) is 14.5. The Balaban J connectivity index is 2.23. The lowest BCUT2D eigenvalue weighted by atomic mass is 9.98. The van der Waals surface area contributed by atoms with Gasteiger partial charge in [0.15, 0.2) is 0 Å². The SMILES string of the molecule is CNCC1CCCN(c2ncc(Cl)cc2[N+](=O)[O-])C1. The Kier molecular flexibility index (Phi) is 4.55. The van der Waals surface area contributed by atoms with Crippen molar-refractivity contribution in [3.8, 4) is 0 Å². The van der Waals surface area contributed by atoms with Gasteiger partial charge in [0.05, 0.1) is 9.95 Å². The Labute approximate surface area is 116 Å². The minimum absolute atomic E-state index is 0.0161. The van der Waals surface area contributed by atoms with E-state index in [9.17, 15) is 10.1 Å². The van der Waals surface area contributed by atoms with E-state index < -0.39 is 4.92 Å². The van der Waals surface area contributed by atoms with Crippen LogP contribution in [0.25, 0.3) is 0 Å². The lowest BCUT2D eigenvalue weighted by molar-refractivity contribution is -0.384. The maximum atomic E-state index is 11.1. The van der Waals surface area contributed by atoms with Crippen LogP contribution in [-0.4, -0.2) is 36.6 Å². The van der Waals surface area contributed by atoms with E-state index in [1.807, 2.05) is 11.9 Å². The molecule has 1 N–H and O–H groups in total. The lowest BCUT2D eigenvalue weighted by Gasteiger charge is -2.33. The monoisotopic (exact) mass is 284 g/mol. The average molecular weight is 285 g/mol. The Morgan fingerprint density at radius 1 is 1.68 bits per heavy atom. The highest BCUT2D eigenvalue weighted by atomic mass is 35.5. The first kappa shape index (κ1) is 14.0. The number of nitro groups is 1. The van der Waals surface area contributed by atoms with Gasteiger partial charge in [0.25, 0.3) is 0 Å². The fourth-order valence-electron chi connectivity index (χ4n) is 2.51. The summed E-state index contributed by atoms with van der Waals surface area (Å²) in [6.45, 7) is 2.50. The number of hydrogen-bond donors (Lipinski definition) is 1. The highest BCUT2D eigenvalue weighted by molar-refractivity contribution is 6.30. The summed E-state index contributed by atoms with van der Waals surface area (Å²) in [4.78, 5) is 16.8. The van der Waals surface area contributed by atoms with Gasteiger partial charge in [0.2, 0.25) is 5.82 Å². The number of nitrogens with zero attached hydrogens (tertiary/aromatic N) is 3. The van der Waals surface area contributed by atoms with Crippen LogP contribution in [0.15, 0.2) is 12.3 Å². The van der Waals surface area contributed by atoms with Crippen LogP contribution in [0.2, 0.25) is 5.02 Å². The summed E-state index contributed by atoms with van der Waals surface area (Å²) in [6, 6.07) is 1.37. The van der Waals surface area contributed by atoms with Crippen LogP contribution in [0.5, 0.6) is 0 Å². The van der Waals surface area contributed by atoms with Gasteiger partial charge in [-0.2, -0.15) is 0 Å². The van der Waals surface area contributed by atoms with Crippen molar-refractivity contribution in [2.24, 2.45) is 5.92 Å². The zero-order valence-corrected chi connectivity index (χ0v) is 11.6. The van der Waals surface area contributed by atoms with E-state index in [2.05, 4.69) is 10.3 Å². The number of rotatable bonds is 4. The largest absolute Gasteiger partial charge is 0.351 e. The highest BCUT2D eigenvalue weighted by Gasteiger charge is 2.26. The molecule has 1 aliphatic heterocycles. The number of nitrogens with one attached hydrogen (secondary N) is 1. The number of anilines is 1. The maximum absolute atomic E-state index is 11.1. The summed E-state index contributed by atoms with van der Waals surface area (Å²) in [7, 11) is 1.92.